The molecule has 5 heteroatoms. The van der Waals surface area contributed by atoms with Gasteiger partial charge in [-0.15, -0.1) is 0 Å². The number of rotatable bonds is 5. The van der Waals surface area contributed by atoms with Crippen LogP contribution in [0, 0.1) is 5.82 Å². The highest BCUT2D eigenvalue weighted by Crippen LogP contribution is 1.99. The van der Waals surface area contributed by atoms with Crippen LogP contribution in [0.15, 0.2) is 12.4 Å². The molecule has 1 N–H and O–H groups in total. The van der Waals surface area contributed by atoms with Crippen molar-refractivity contribution < 1.29 is 9.13 Å². The van der Waals surface area contributed by atoms with E-state index in [-0.39, 0.29) is 6.01 Å². The summed E-state index contributed by atoms with van der Waals surface area (Å²) in [5.74, 6) is -0.459. The van der Waals surface area contributed by atoms with Gasteiger partial charge in [0.05, 0.1) is 12.4 Å². The Balaban J connectivity index is 2.25. The molecule has 0 spiro atoms. The predicted molar refractivity (Wildman–Crippen MR) is 46.0 cm³/mol. The maximum atomic E-state index is 12.3. The number of likely N-dealkylation sites (N-methyl/N-ethyl adjacent to an activating group) is 1. The van der Waals surface area contributed by atoms with E-state index < -0.39 is 5.82 Å². The maximum absolute atomic E-state index is 12.3. The average Bonchev–Trinajstić information content (AvgIpc) is 2.15. The van der Waals surface area contributed by atoms with Gasteiger partial charge in [0.2, 0.25) is 0 Å². The van der Waals surface area contributed by atoms with E-state index in [1.807, 2.05) is 6.92 Å². The van der Waals surface area contributed by atoms with Crippen molar-refractivity contribution in [1.82, 2.24) is 15.3 Å². The number of nitrogens with zero attached hydrogens (tertiary/aromatic N) is 2. The van der Waals surface area contributed by atoms with Crippen molar-refractivity contribution in [2.75, 3.05) is 19.7 Å². The lowest BCUT2D eigenvalue weighted by Crippen LogP contribution is -2.20. The summed E-state index contributed by atoms with van der Waals surface area (Å²) in [6.07, 6.45) is 2.16. The van der Waals surface area contributed by atoms with Gasteiger partial charge < -0.3 is 10.1 Å². The Hall–Kier alpha value is -1.23. The van der Waals surface area contributed by atoms with Crippen LogP contribution in [0.5, 0.6) is 6.01 Å². The van der Waals surface area contributed by atoms with Gasteiger partial charge in [0, 0.05) is 6.54 Å². The van der Waals surface area contributed by atoms with Gasteiger partial charge in [0.1, 0.15) is 6.61 Å². The number of hydrogen-bond donors (Lipinski definition) is 1. The van der Waals surface area contributed by atoms with Crippen LogP contribution in [0.3, 0.4) is 0 Å². The zero-order chi connectivity index (χ0) is 9.52. The molecule has 0 aliphatic rings. The van der Waals surface area contributed by atoms with E-state index in [1.54, 1.807) is 0 Å². The Bertz CT molecular complexity index is 240. The second-order valence-corrected chi connectivity index (χ2v) is 2.39. The van der Waals surface area contributed by atoms with Crippen molar-refractivity contribution in [2.24, 2.45) is 0 Å². The minimum Gasteiger partial charge on any atom is -0.462 e. The topological polar surface area (TPSA) is 47.0 Å². The van der Waals surface area contributed by atoms with Gasteiger partial charge in [0.15, 0.2) is 5.82 Å². The lowest BCUT2D eigenvalue weighted by Gasteiger charge is -2.03. The van der Waals surface area contributed by atoms with Crippen molar-refractivity contribution >= 4 is 0 Å². The molecule has 13 heavy (non-hydrogen) atoms. The standard InChI is InChI=1S/C8H12FN3O/c1-2-10-3-4-13-8-11-5-7(9)6-12-8/h5-6,10H,2-4H2,1H3. The van der Waals surface area contributed by atoms with Crippen molar-refractivity contribution in [3.8, 4) is 6.01 Å². The molecule has 0 saturated carbocycles. The molecule has 4 nitrogen and oxygen atoms in total. The van der Waals surface area contributed by atoms with E-state index >= 15 is 0 Å². The predicted octanol–water partition coefficient (Wildman–Crippen LogP) is 0.604. The first-order chi connectivity index (χ1) is 6.33. The lowest BCUT2D eigenvalue weighted by atomic mass is 10.6. The minimum atomic E-state index is -0.459. The summed E-state index contributed by atoms with van der Waals surface area (Å²) >= 11 is 0. The minimum absolute atomic E-state index is 0.208. The Kier molecular flexibility index (Phi) is 4.11. The number of aromatic nitrogens is 2. The zero-order valence-corrected chi connectivity index (χ0v) is 7.46. The molecule has 0 unspecified atom stereocenters. The fourth-order valence-electron chi connectivity index (χ4n) is 0.766. The van der Waals surface area contributed by atoms with Gasteiger partial charge in [-0.2, -0.15) is 0 Å². The average molecular weight is 185 g/mol. The third-order valence-electron chi connectivity index (χ3n) is 1.36. The molecule has 1 aromatic heterocycles. The Morgan fingerprint density at radius 3 is 2.77 bits per heavy atom. The molecule has 1 aromatic rings. The molecule has 1 heterocycles. The molecule has 0 aromatic carbocycles. The zero-order valence-electron chi connectivity index (χ0n) is 7.46. The molecule has 0 radical (unpaired) electrons. The van der Waals surface area contributed by atoms with Gasteiger partial charge in [0.25, 0.3) is 0 Å². The van der Waals surface area contributed by atoms with Crippen molar-refractivity contribution in [2.45, 2.75) is 6.92 Å². The summed E-state index contributed by atoms with van der Waals surface area (Å²) in [6, 6.07) is 0.208. The van der Waals surface area contributed by atoms with Gasteiger partial charge >= 0.3 is 6.01 Å². The monoisotopic (exact) mass is 185 g/mol. The van der Waals surface area contributed by atoms with Crippen LogP contribution in [-0.2, 0) is 0 Å². The first-order valence-corrected chi connectivity index (χ1v) is 4.14. The van der Waals surface area contributed by atoms with E-state index in [9.17, 15) is 4.39 Å². The second kappa shape index (κ2) is 5.42. The van der Waals surface area contributed by atoms with E-state index in [0.717, 1.165) is 25.5 Å². The molecule has 0 fully saturated rings. The van der Waals surface area contributed by atoms with Gasteiger partial charge in [-0.05, 0) is 6.54 Å². The highest BCUT2D eigenvalue weighted by atomic mass is 19.1. The summed E-state index contributed by atoms with van der Waals surface area (Å²) in [4.78, 5) is 7.28. The molecule has 0 bridgehead atoms. The Morgan fingerprint density at radius 2 is 2.15 bits per heavy atom. The first-order valence-electron chi connectivity index (χ1n) is 4.14. The van der Waals surface area contributed by atoms with Crippen LogP contribution in [0.2, 0.25) is 0 Å². The summed E-state index contributed by atoms with van der Waals surface area (Å²) < 4.78 is 17.4. The van der Waals surface area contributed by atoms with Crippen LogP contribution in [0.25, 0.3) is 0 Å². The maximum Gasteiger partial charge on any atom is 0.316 e. The SMILES string of the molecule is CCNCCOc1ncc(F)cn1. The van der Waals surface area contributed by atoms with Crippen molar-refractivity contribution in [3.63, 3.8) is 0 Å². The molecule has 0 aliphatic carbocycles. The summed E-state index contributed by atoms with van der Waals surface area (Å²) in [6.45, 7) is 4.12. The van der Waals surface area contributed by atoms with Crippen molar-refractivity contribution in [3.05, 3.63) is 18.2 Å². The molecule has 1 rings (SSSR count). The van der Waals surface area contributed by atoms with E-state index in [1.165, 1.54) is 0 Å². The third kappa shape index (κ3) is 3.80. The smallest absolute Gasteiger partial charge is 0.316 e. The van der Waals surface area contributed by atoms with E-state index in [0.29, 0.717) is 6.61 Å². The van der Waals surface area contributed by atoms with E-state index in [2.05, 4.69) is 15.3 Å². The Morgan fingerprint density at radius 1 is 1.46 bits per heavy atom. The highest BCUT2D eigenvalue weighted by molar-refractivity contribution is 4.95. The van der Waals surface area contributed by atoms with Gasteiger partial charge in [-0.3, -0.25) is 0 Å². The first kappa shape index (κ1) is 9.85. The molecular weight excluding hydrogens is 173 g/mol. The largest absolute Gasteiger partial charge is 0.462 e. The van der Waals surface area contributed by atoms with Gasteiger partial charge in [-0.1, -0.05) is 6.92 Å². The quantitative estimate of drug-likeness (QED) is 0.682. The fourth-order valence-corrected chi connectivity index (χ4v) is 0.766. The number of ether oxygens (including phenoxy) is 1. The van der Waals surface area contributed by atoms with Crippen LogP contribution in [0.1, 0.15) is 6.92 Å². The normalized spacial score (nSPS) is 10.0. The molecule has 0 amide bonds. The number of halogens is 1. The van der Waals surface area contributed by atoms with Crippen LogP contribution >= 0.6 is 0 Å². The molecule has 0 atom stereocenters. The summed E-state index contributed by atoms with van der Waals surface area (Å²) in [5.41, 5.74) is 0. The fraction of sp³-hybridized carbons (Fsp3) is 0.500. The highest BCUT2D eigenvalue weighted by Gasteiger charge is 1.96. The lowest BCUT2D eigenvalue weighted by molar-refractivity contribution is 0.289. The van der Waals surface area contributed by atoms with Crippen LogP contribution in [-0.4, -0.2) is 29.7 Å². The van der Waals surface area contributed by atoms with Crippen LogP contribution < -0.4 is 10.1 Å². The molecule has 72 valence electrons. The summed E-state index contributed by atoms with van der Waals surface area (Å²) in [5, 5.41) is 3.08. The van der Waals surface area contributed by atoms with Gasteiger partial charge in [-0.25, -0.2) is 14.4 Å². The summed E-state index contributed by atoms with van der Waals surface area (Å²) in [7, 11) is 0. The van der Waals surface area contributed by atoms with Crippen molar-refractivity contribution in [1.29, 1.82) is 0 Å². The number of hydrogen-bond acceptors (Lipinski definition) is 4. The van der Waals surface area contributed by atoms with E-state index in [4.69, 9.17) is 4.74 Å². The van der Waals surface area contributed by atoms with Crippen LogP contribution in [0.4, 0.5) is 4.39 Å². The second-order valence-electron chi connectivity index (χ2n) is 2.39. The Labute approximate surface area is 76.2 Å². The number of nitrogens with one attached hydrogen (secondary N) is 1. The molecule has 0 saturated heterocycles. The molecule has 0 aliphatic heterocycles. The molecular formula is C8H12FN3O. The third-order valence-corrected chi connectivity index (χ3v) is 1.36.